The van der Waals surface area contributed by atoms with Crippen LogP contribution in [0.1, 0.15) is 0 Å². The molecule has 3 aliphatic rings. The lowest BCUT2D eigenvalue weighted by Crippen LogP contribution is -2.50. The van der Waals surface area contributed by atoms with E-state index in [4.69, 9.17) is 28.4 Å². The van der Waals surface area contributed by atoms with Crippen LogP contribution < -0.4 is 0 Å². The first-order valence-electron chi connectivity index (χ1n) is 10.9. The van der Waals surface area contributed by atoms with E-state index in [9.17, 15) is 51.1 Å². The number of hydrogen-bond acceptors (Lipinski definition) is 16. The van der Waals surface area contributed by atoms with Gasteiger partial charge in [-0.15, -0.1) is 0 Å². The number of rotatable bonds is 11. The number of ether oxygens (including phenoxy) is 6. The highest BCUT2D eigenvalue weighted by atomic mass is 16.8. The topological polar surface area (TPSA) is 258 Å². The molecule has 0 aromatic heterocycles. The number of methoxy groups -OCH3 is 1. The van der Waals surface area contributed by atoms with E-state index in [-0.39, 0.29) is 0 Å². The van der Waals surface area contributed by atoms with Crippen LogP contribution in [0.5, 0.6) is 0 Å². The quantitative estimate of drug-likeness (QED) is 0.122. The molecule has 0 spiro atoms. The van der Waals surface area contributed by atoms with E-state index in [1.54, 1.807) is 0 Å². The van der Waals surface area contributed by atoms with Crippen LogP contribution in [0.15, 0.2) is 0 Å². The highest BCUT2D eigenvalue weighted by Crippen LogP contribution is 2.38. The van der Waals surface area contributed by atoms with E-state index >= 15 is 0 Å². The van der Waals surface area contributed by atoms with Crippen LogP contribution in [-0.4, -0.2) is 170 Å². The van der Waals surface area contributed by atoms with Gasteiger partial charge in [0, 0.05) is 7.11 Å². The van der Waals surface area contributed by atoms with Crippen LogP contribution in [0, 0.1) is 0 Å². The van der Waals surface area contributed by atoms with Crippen molar-refractivity contribution in [1.29, 1.82) is 0 Å². The van der Waals surface area contributed by atoms with Gasteiger partial charge in [0.2, 0.25) is 17.4 Å². The molecule has 0 radical (unpaired) electrons. The van der Waals surface area contributed by atoms with Crippen molar-refractivity contribution in [2.45, 2.75) is 72.3 Å². The van der Waals surface area contributed by atoms with Crippen molar-refractivity contribution in [2.24, 2.45) is 0 Å². The third-order valence-corrected chi connectivity index (χ3v) is 6.69. The van der Waals surface area contributed by atoms with E-state index in [0.29, 0.717) is 0 Å². The van der Waals surface area contributed by atoms with Crippen molar-refractivity contribution in [3.8, 4) is 0 Å². The molecule has 12 atom stereocenters. The molecule has 3 heterocycles. The van der Waals surface area contributed by atoms with Gasteiger partial charge in [0.25, 0.3) is 0 Å². The molecule has 3 aliphatic heterocycles. The third-order valence-electron chi connectivity index (χ3n) is 6.69. The summed E-state index contributed by atoms with van der Waals surface area (Å²) in [6, 6.07) is 0. The Morgan fingerprint density at radius 2 is 0.914 bits per heavy atom. The molecule has 3 rings (SSSR count). The SMILES string of the molecule is CO[C@]1(CO)O[C@H](CO[C@]2(CO)O[C@H](CO[C@]3(CO)O[C@H](CO)[C@@H](O)[C@@H]3O)[C@@H](O)[C@@H]2O)[C@@H](O)[C@@H]1O. The molecule has 3 saturated heterocycles. The molecule has 0 aromatic carbocycles. The molecule has 0 unspecified atom stereocenters. The van der Waals surface area contributed by atoms with Crippen molar-refractivity contribution in [1.82, 2.24) is 0 Å². The Morgan fingerprint density at radius 1 is 0.571 bits per heavy atom. The van der Waals surface area contributed by atoms with Crippen molar-refractivity contribution in [3.63, 3.8) is 0 Å². The Labute approximate surface area is 199 Å². The summed E-state index contributed by atoms with van der Waals surface area (Å²) in [6.07, 6.45) is -14.1. The molecule has 0 aromatic rings. The van der Waals surface area contributed by atoms with Crippen LogP contribution in [-0.2, 0) is 28.4 Å². The molecule has 0 amide bonds. The standard InChI is InChI=1S/C19H34O16/c1-30-17(5-21)14(27)12(25)9(34-17)3-32-19(7-23)16(29)13(26)10(35-19)4-31-18(6-22)15(28)11(24)8(2-20)33-18/h8-16,20-29H,2-7H2,1H3/t8-,9-,10-,11-,12-,13-,14+,15+,16+,17-,18-,19-/m1/s1. The van der Waals surface area contributed by atoms with E-state index in [1.807, 2.05) is 0 Å². The van der Waals surface area contributed by atoms with Gasteiger partial charge >= 0.3 is 0 Å². The predicted octanol–water partition coefficient (Wildman–Crippen LogP) is -6.91. The summed E-state index contributed by atoms with van der Waals surface area (Å²) >= 11 is 0. The lowest BCUT2D eigenvalue weighted by molar-refractivity contribution is -0.312. The van der Waals surface area contributed by atoms with Crippen LogP contribution in [0.25, 0.3) is 0 Å². The Morgan fingerprint density at radius 3 is 1.23 bits per heavy atom. The average Bonchev–Trinajstić information content (AvgIpc) is 3.38. The minimum absolute atomic E-state index is 0.589. The summed E-state index contributed by atoms with van der Waals surface area (Å²) in [5.74, 6) is -6.34. The Balaban J connectivity index is 1.66. The predicted molar refractivity (Wildman–Crippen MR) is 106 cm³/mol. The molecule has 16 heteroatoms. The molecular formula is C19H34O16. The molecule has 0 aliphatic carbocycles. The first-order valence-corrected chi connectivity index (χ1v) is 10.9. The third kappa shape index (κ3) is 4.84. The van der Waals surface area contributed by atoms with Crippen LogP contribution in [0.2, 0.25) is 0 Å². The molecule has 3 fully saturated rings. The Kier molecular flexibility index (Phi) is 9.09. The summed E-state index contributed by atoms with van der Waals surface area (Å²) in [7, 11) is 1.14. The second-order valence-electron chi connectivity index (χ2n) is 8.69. The monoisotopic (exact) mass is 518 g/mol. The van der Waals surface area contributed by atoms with Gasteiger partial charge < -0.3 is 79.5 Å². The summed E-state index contributed by atoms with van der Waals surface area (Å²) < 4.78 is 31.9. The zero-order chi connectivity index (χ0) is 26.2. The second kappa shape index (κ2) is 11.0. The fourth-order valence-electron chi connectivity index (χ4n) is 4.39. The number of aliphatic hydroxyl groups is 10. The van der Waals surface area contributed by atoms with Crippen molar-refractivity contribution >= 4 is 0 Å². The number of hydrogen-bond donors (Lipinski definition) is 10. The van der Waals surface area contributed by atoms with Gasteiger partial charge in [-0.05, 0) is 0 Å². The maximum Gasteiger partial charge on any atom is 0.221 e. The summed E-state index contributed by atoms with van der Waals surface area (Å²) in [6.45, 7) is -4.64. The van der Waals surface area contributed by atoms with Crippen molar-refractivity contribution < 1.29 is 79.5 Å². The van der Waals surface area contributed by atoms with Gasteiger partial charge in [-0.2, -0.15) is 0 Å². The molecule has 10 N–H and O–H groups in total. The highest BCUT2D eigenvalue weighted by molar-refractivity contribution is 5.01. The fraction of sp³-hybridized carbons (Fsp3) is 1.00. The average molecular weight is 518 g/mol. The molecule has 206 valence electrons. The van der Waals surface area contributed by atoms with Gasteiger partial charge in [0.05, 0.1) is 19.8 Å². The van der Waals surface area contributed by atoms with Gasteiger partial charge in [-0.1, -0.05) is 0 Å². The first-order chi connectivity index (χ1) is 16.5. The van der Waals surface area contributed by atoms with Crippen LogP contribution in [0.3, 0.4) is 0 Å². The minimum atomic E-state index is -2.24. The van der Waals surface area contributed by atoms with Crippen molar-refractivity contribution in [3.05, 3.63) is 0 Å². The van der Waals surface area contributed by atoms with Gasteiger partial charge in [-0.3, -0.25) is 0 Å². The molecule has 16 nitrogen and oxygen atoms in total. The smallest absolute Gasteiger partial charge is 0.221 e. The summed E-state index contributed by atoms with van der Waals surface area (Å²) in [5, 5.41) is 99.8. The van der Waals surface area contributed by atoms with E-state index < -0.39 is 112 Å². The maximum atomic E-state index is 10.5. The molecule has 0 bridgehead atoms. The van der Waals surface area contributed by atoms with Gasteiger partial charge in [-0.25, -0.2) is 0 Å². The number of aliphatic hydroxyl groups excluding tert-OH is 10. The summed E-state index contributed by atoms with van der Waals surface area (Å²) in [4.78, 5) is 0. The Bertz CT molecular complexity index is 694. The zero-order valence-electron chi connectivity index (χ0n) is 18.9. The lowest BCUT2D eigenvalue weighted by atomic mass is 10.0. The van der Waals surface area contributed by atoms with Crippen molar-refractivity contribution in [2.75, 3.05) is 46.8 Å². The van der Waals surface area contributed by atoms with Crippen LogP contribution >= 0.6 is 0 Å². The molecular weight excluding hydrogens is 484 g/mol. The van der Waals surface area contributed by atoms with E-state index in [2.05, 4.69) is 0 Å². The Hall–Kier alpha value is -0.640. The first kappa shape index (κ1) is 28.9. The molecule has 0 saturated carbocycles. The minimum Gasteiger partial charge on any atom is -0.394 e. The zero-order valence-corrected chi connectivity index (χ0v) is 18.9. The second-order valence-corrected chi connectivity index (χ2v) is 8.69. The normalized spacial score (nSPS) is 50.3. The fourth-order valence-corrected chi connectivity index (χ4v) is 4.39. The lowest BCUT2D eigenvalue weighted by Gasteiger charge is -2.33. The largest absolute Gasteiger partial charge is 0.394 e. The van der Waals surface area contributed by atoms with Gasteiger partial charge in [0.15, 0.2) is 0 Å². The summed E-state index contributed by atoms with van der Waals surface area (Å²) in [5.41, 5.74) is 0. The molecule has 35 heavy (non-hydrogen) atoms. The van der Waals surface area contributed by atoms with Gasteiger partial charge in [0.1, 0.15) is 74.8 Å². The van der Waals surface area contributed by atoms with E-state index in [0.717, 1.165) is 7.11 Å². The maximum absolute atomic E-state index is 10.5. The highest BCUT2D eigenvalue weighted by Gasteiger charge is 2.60. The van der Waals surface area contributed by atoms with E-state index in [1.165, 1.54) is 0 Å². The van der Waals surface area contributed by atoms with Crippen LogP contribution in [0.4, 0.5) is 0 Å².